The molecule has 6 rings (SSSR count). The second-order valence-electron chi connectivity index (χ2n) is 11.5. The first-order valence-corrected chi connectivity index (χ1v) is 15.1. The number of aromatic nitrogens is 2. The van der Waals surface area contributed by atoms with Gasteiger partial charge in [0.15, 0.2) is 11.5 Å². The quantitative estimate of drug-likeness (QED) is 0.400. The topological polar surface area (TPSA) is 107 Å². The van der Waals surface area contributed by atoms with Gasteiger partial charge < -0.3 is 24.6 Å². The van der Waals surface area contributed by atoms with E-state index in [0.29, 0.717) is 70.6 Å². The summed E-state index contributed by atoms with van der Waals surface area (Å²) in [4.78, 5) is 26.7. The second-order valence-corrected chi connectivity index (χ2v) is 11.5. The number of nitrogens with one attached hydrogen (secondary N) is 1. The Morgan fingerprint density at radius 2 is 1.76 bits per heavy atom. The maximum atomic E-state index is 14.0. The predicted octanol–water partition coefficient (Wildman–Crippen LogP) is 3.99. The molecule has 4 heterocycles. The van der Waals surface area contributed by atoms with Gasteiger partial charge in [-0.25, -0.2) is 9.97 Å². The molecule has 2 saturated heterocycles. The summed E-state index contributed by atoms with van der Waals surface area (Å²) in [5, 5.41) is 11.9. The third-order valence-electron chi connectivity index (χ3n) is 8.43. The van der Waals surface area contributed by atoms with E-state index in [-0.39, 0.29) is 36.8 Å². The van der Waals surface area contributed by atoms with Crippen LogP contribution in [-0.2, 0) is 23.9 Å². The zero-order chi connectivity index (χ0) is 31.4. The fourth-order valence-corrected chi connectivity index (χ4v) is 5.98. The van der Waals surface area contributed by atoms with Crippen LogP contribution < -0.4 is 24.6 Å². The minimum atomic E-state index is -4.71. The Kier molecular flexibility index (Phi) is 8.93. The Bertz CT molecular complexity index is 1550. The maximum absolute atomic E-state index is 14.0. The van der Waals surface area contributed by atoms with Crippen LogP contribution >= 0.6 is 0 Å². The smallest absolute Gasteiger partial charge is 0.451 e. The molecule has 0 saturated carbocycles. The highest BCUT2D eigenvalue weighted by molar-refractivity contribution is 5.79. The van der Waals surface area contributed by atoms with Crippen molar-refractivity contribution in [2.45, 2.75) is 32.0 Å². The zero-order valence-electron chi connectivity index (χ0n) is 24.7. The van der Waals surface area contributed by atoms with Gasteiger partial charge in [0.2, 0.25) is 18.5 Å². The number of hydrogen-bond donors (Lipinski definition) is 1. The Morgan fingerprint density at radius 3 is 2.49 bits per heavy atom. The van der Waals surface area contributed by atoms with Gasteiger partial charge in [-0.15, -0.1) is 0 Å². The molecule has 1 N–H and O–H groups in total. The van der Waals surface area contributed by atoms with E-state index in [9.17, 15) is 18.0 Å². The van der Waals surface area contributed by atoms with Crippen molar-refractivity contribution in [3.8, 4) is 17.6 Å². The van der Waals surface area contributed by atoms with Gasteiger partial charge in [-0.3, -0.25) is 9.69 Å². The van der Waals surface area contributed by atoms with Gasteiger partial charge in [0.1, 0.15) is 11.6 Å². The number of piperazine rings is 1. The predicted molar refractivity (Wildman–Crippen MR) is 160 cm³/mol. The number of carbonyl (C=O) groups excluding carboxylic acids is 1. The Balaban J connectivity index is 1.09. The number of rotatable bonds is 8. The average Bonchev–Trinajstić information content (AvgIpc) is 3.55. The minimum Gasteiger partial charge on any atom is -0.454 e. The van der Waals surface area contributed by atoms with Crippen molar-refractivity contribution >= 4 is 17.5 Å². The van der Waals surface area contributed by atoms with E-state index in [1.165, 1.54) is 0 Å². The molecule has 0 radical (unpaired) electrons. The van der Waals surface area contributed by atoms with Gasteiger partial charge >= 0.3 is 6.18 Å². The van der Waals surface area contributed by atoms with Crippen molar-refractivity contribution < 1.29 is 27.4 Å². The number of amides is 1. The monoisotopic (exact) mass is 621 g/mol. The summed E-state index contributed by atoms with van der Waals surface area (Å²) < 4.78 is 52.9. The molecule has 1 amide bonds. The number of fused-ring (bicyclic) bond motifs is 1. The molecule has 2 fully saturated rings. The van der Waals surface area contributed by atoms with Crippen molar-refractivity contribution in [2.75, 3.05) is 62.4 Å². The lowest BCUT2D eigenvalue weighted by molar-refractivity contribution is -0.144. The third kappa shape index (κ3) is 7.23. The third-order valence-corrected chi connectivity index (χ3v) is 8.43. The number of nitriles is 1. The average molecular weight is 622 g/mol. The highest BCUT2D eigenvalue weighted by Gasteiger charge is 2.37. The molecule has 3 aromatic rings. The number of para-hydroxylation sites is 1. The number of piperidine rings is 1. The molecule has 45 heavy (non-hydrogen) atoms. The summed E-state index contributed by atoms with van der Waals surface area (Å²) in [6, 6.07) is 16.7. The molecular weight excluding hydrogens is 587 g/mol. The molecule has 0 aliphatic carbocycles. The lowest BCUT2D eigenvalue weighted by atomic mass is 9.97. The van der Waals surface area contributed by atoms with Crippen molar-refractivity contribution in [2.24, 2.45) is 5.92 Å². The molecule has 10 nitrogen and oxygen atoms in total. The van der Waals surface area contributed by atoms with E-state index >= 15 is 0 Å². The summed E-state index contributed by atoms with van der Waals surface area (Å²) >= 11 is 0. The summed E-state index contributed by atoms with van der Waals surface area (Å²) in [6.07, 6.45) is -2.79. The lowest BCUT2D eigenvalue weighted by Crippen LogP contribution is -2.47. The van der Waals surface area contributed by atoms with Crippen LogP contribution in [0.4, 0.5) is 24.8 Å². The number of benzene rings is 2. The number of nitrogens with zero attached hydrogens (tertiary/aromatic N) is 6. The number of alkyl halides is 3. The SMILES string of the molecule is N#Cc1ccc(CCNC(=O)C2CCCN(c3cc(N4CCN(Cc5cccc6c5OCO6)CC4)nc(C(F)(F)F)n3)C2)cc1. The van der Waals surface area contributed by atoms with Gasteiger partial charge in [0.05, 0.1) is 17.6 Å². The van der Waals surface area contributed by atoms with E-state index < -0.39 is 12.0 Å². The molecular formula is C32H34F3N7O3. The van der Waals surface area contributed by atoms with Crippen LogP contribution in [-0.4, -0.2) is 73.4 Å². The molecule has 2 aromatic carbocycles. The van der Waals surface area contributed by atoms with Crippen molar-refractivity contribution in [3.63, 3.8) is 0 Å². The number of ether oxygens (including phenoxy) is 2. The van der Waals surface area contributed by atoms with Gasteiger partial charge in [0, 0.05) is 64.0 Å². The Morgan fingerprint density at radius 1 is 1.00 bits per heavy atom. The van der Waals surface area contributed by atoms with Crippen molar-refractivity contribution in [1.29, 1.82) is 5.26 Å². The van der Waals surface area contributed by atoms with Crippen LogP contribution in [0.5, 0.6) is 11.5 Å². The second kappa shape index (κ2) is 13.2. The molecule has 0 spiro atoms. The van der Waals surface area contributed by atoms with Crippen molar-refractivity contribution in [3.05, 3.63) is 71.0 Å². The molecule has 3 aliphatic heterocycles. The van der Waals surface area contributed by atoms with Crippen LogP contribution in [0.3, 0.4) is 0 Å². The first kappa shape index (κ1) is 30.5. The lowest BCUT2D eigenvalue weighted by Gasteiger charge is -2.37. The summed E-state index contributed by atoms with van der Waals surface area (Å²) in [5.74, 6) is 0.207. The number of hydrogen-bond acceptors (Lipinski definition) is 9. The fraction of sp³-hybridized carbons (Fsp3) is 0.438. The van der Waals surface area contributed by atoms with E-state index in [2.05, 4.69) is 26.3 Å². The van der Waals surface area contributed by atoms with Crippen molar-refractivity contribution in [1.82, 2.24) is 20.2 Å². The highest BCUT2D eigenvalue weighted by atomic mass is 19.4. The van der Waals surface area contributed by atoms with Gasteiger partial charge in [-0.1, -0.05) is 24.3 Å². The molecule has 236 valence electrons. The van der Waals surface area contributed by atoms with Crippen LogP contribution in [0, 0.1) is 17.2 Å². The number of anilines is 2. The zero-order valence-corrected chi connectivity index (χ0v) is 24.7. The van der Waals surface area contributed by atoms with Gasteiger partial charge in [-0.05, 0) is 43.0 Å². The normalized spacial score (nSPS) is 18.5. The molecule has 1 unspecified atom stereocenters. The van der Waals surface area contributed by atoms with Gasteiger partial charge in [-0.2, -0.15) is 18.4 Å². The fourth-order valence-electron chi connectivity index (χ4n) is 5.98. The van der Waals surface area contributed by atoms with E-state index in [1.807, 2.05) is 35.2 Å². The van der Waals surface area contributed by atoms with Crippen LogP contribution in [0.2, 0.25) is 0 Å². The van der Waals surface area contributed by atoms with E-state index in [0.717, 1.165) is 22.6 Å². The first-order valence-electron chi connectivity index (χ1n) is 15.1. The molecule has 1 aromatic heterocycles. The van der Waals surface area contributed by atoms with Crippen LogP contribution in [0.15, 0.2) is 48.5 Å². The molecule has 1 atom stereocenters. The molecule has 0 bridgehead atoms. The number of halogens is 3. The largest absolute Gasteiger partial charge is 0.454 e. The molecule has 13 heteroatoms. The molecule has 3 aliphatic rings. The van der Waals surface area contributed by atoms with E-state index in [4.69, 9.17) is 14.7 Å². The number of carbonyl (C=O) groups is 1. The summed E-state index contributed by atoms with van der Waals surface area (Å²) in [5.41, 5.74) is 2.59. The Labute approximate surface area is 259 Å². The minimum absolute atomic E-state index is 0.129. The van der Waals surface area contributed by atoms with Crippen LogP contribution in [0.25, 0.3) is 0 Å². The standard InChI is InChI=1S/C32H34F3N7O3/c33-32(34,35)31-38-27(41-15-13-40(14-16-41)19-24-3-1-5-26-29(24)45-21-44-26)17-28(39-31)42-12-2-4-25(20-42)30(43)37-11-10-22-6-8-23(18-36)9-7-22/h1,3,5-9,17,25H,2,4,10-16,19-21H2,(H,37,43). The first-order chi connectivity index (χ1) is 21.8. The summed E-state index contributed by atoms with van der Waals surface area (Å²) in [6.45, 7) is 4.33. The Hall–Kier alpha value is -4.57. The summed E-state index contributed by atoms with van der Waals surface area (Å²) in [7, 11) is 0. The van der Waals surface area contributed by atoms with Gasteiger partial charge in [0.25, 0.3) is 0 Å². The van der Waals surface area contributed by atoms with E-state index in [1.54, 1.807) is 23.1 Å². The van der Waals surface area contributed by atoms with Crippen LogP contribution in [0.1, 0.15) is 35.4 Å². The maximum Gasteiger partial charge on any atom is 0.451 e. The highest BCUT2D eigenvalue weighted by Crippen LogP contribution is 2.36.